The zero-order valence-corrected chi connectivity index (χ0v) is 22.7. The van der Waals surface area contributed by atoms with Gasteiger partial charge >= 0.3 is 0 Å². The minimum atomic E-state index is -3.65. The third kappa shape index (κ3) is 5.65. The molecule has 0 radical (unpaired) electrons. The first-order valence-corrected chi connectivity index (χ1v) is 13.8. The highest BCUT2D eigenvalue weighted by Crippen LogP contribution is 2.31. The van der Waals surface area contributed by atoms with Crippen molar-refractivity contribution in [1.82, 2.24) is 4.90 Å². The van der Waals surface area contributed by atoms with Gasteiger partial charge in [-0.2, -0.15) is 0 Å². The molecule has 1 amide bonds. The van der Waals surface area contributed by atoms with Gasteiger partial charge in [-0.1, -0.05) is 42.0 Å². The highest BCUT2D eigenvalue weighted by molar-refractivity contribution is 7.90. The summed E-state index contributed by atoms with van der Waals surface area (Å²) in [5.41, 5.74) is 4.00. The van der Waals surface area contributed by atoms with E-state index >= 15 is 0 Å². The maximum absolute atomic E-state index is 13.3. The standard InChI is InChI=1S/C29H33NO6S/c1-19-13-14-20(2)23(15-19)29(31)30-16-26(35-5)27(17-30)36-24-11-8-9-22(21(24)3)18-37(32,33)28-12-7-6-10-25(28)34-4/h6-15,26-27H,16-18H2,1-5H3. The fourth-order valence-corrected chi connectivity index (χ4v) is 6.27. The molecule has 1 saturated heterocycles. The number of ether oxygens (including phenoxy) is 3. The van der Waals surface area contributed by atoms with Gasteiger partial charge in [-0.15, -0.1) is 0 Å². The van der Waals surface area contributed by atoms with Crippen LogP contribution in [0.3, 0.4) is 0 Å². The molecule has 1 heterocycles. The third-order valence-electron chi connectivity index (χ3n) is 6.85. The van der Waals surface area contributed by atoms with Gasteiger partial charge in [0.25, 0.3) is 5.91 Å². The quantitative estimate of drug-likeness (QED) is 0.432. The molecule has 1 fully saturated rings. The zero-order chi connectivity index (χ0) is 26.7. The Morgan fingerprint density at radius 2 is 1.62 bits per heavy atom. The van der Waals surface area contributed by atoms with Crippen LogP contribution in [0.5, 0.6) is 11.5 Å². The van der Waals surface area contributed by atoms with Gasteiger partial charge in [-0.25, -0.2) is 8.42 Å². The van der Waals surface area contributed by atoms with Gasteiger partial charge in [0.05, 0.1) is 26.0 Å². The number of likely N-dealkylation sites (tertiary alicyclic amines) is 1. The van der Waals surface area contributed by atoms with E-state index in [9.17, 15) is 13.2 Å². The molecule has 0 N–H and O–H groups in total. The molecule has 0 saturated carbocycles. The minimum Gasteiger partial charge on any atom is -0.495 e. The zero-order valence-electron chi connectivity index (χ0n) is 21.9. The van der Waals surface area contributed by atoms with E-state index in [2.05, 4.69) is 0 Å². The van der Waals surface area contributed by atoms with Crippen molar-refractivity contribution in [1.29, 1.82) is 0 Å². The normalized spacial score (nSPS) is 17.6. The molecule has 0 spiro atoms. The van der Waals surface area contributed by atoms with E-state index in [0.717, 1.165) is 16.7 Å². The first-order valence-electron chi connectivity index (χ1n) is 12.1. The lowest BCUT2D eigenvalue weighted by atomic mass is 10.0. The topological polar surface area (TPSA) is 82.1 Å². The van der Waals surface area contributed by atoms with Crippen LogP contribution in [0.4, 0.5) is 0 Å². The number of amides is 1. The molecule has 7 nitrogen and oxygen atoms in total. The number of rotatable bonds is 8. The molecule has 3 aromatic rings. The second kappa shape index (κ2) is 10.9. The number of benzene rings is 3. The Bertz CT molecular complexity index is 1400. The second-order valence-corrected chi connectivity index (χ2v) is 11.4. The molecule has 2 atom stereocenters. The Morgan fingerprint density at radius 1 is 0.919 bits per heavy atom. The fourth-order valence-electron chi connectivity index (χ4n) is 4.65. The lowest BCUT2D eigenvalue weighted by Gasteiger charge is -2.21. The van der Waals surface area contributed by atoms with Crippen molar-refractivity contribution in [3.63, 3.8) is 0 Å². The van der Waals surface area contributed by atoms with Crippen LogP contribution in [-0.4, -0.2) is 58.7 Å². The van der Waals surface area contributed by atoms with Crippen LogP contribution in [0.25, 0.3) is 0 Å². The lowest BCUT2D eigenvalue weighted by molar-refractivity contribution is 0.0336. The summed E-state index contributed by atoms with van der Waals surface area (Å²) in [6.07, 6.45) is -0.701. The van der Waals surface area contributed by atoms with Crippen LogP contribution >= 0.6 is 0 Å². The number of hydrogen-bond donors (Lipinski definition) is 0. The van der Waals surface area contributed by atoms with Gasteiger partial charge in [0.2, 0.25) is 0 Å². The predicted molar refractivity (Wildman–Crippen MR) is 142 cm³/mol. The molecular formula is C29H33NO6S. The Labute approximate surface area is 218 Å². The minimum absolute atomic E-state index is 0.0530. The number of nitrogens with zero attached hydrogens (tertiary/aromatic N) is 1. The highest BCUT2D eigenvalue weighted by Gasteiger charge is 2.38. The van der Waals surface area contributed by atoms with Crippen LogP contribution in [-0.2, 0) is 20.3 Å². The van der Waals surface area contributed by atoms with Crippen LogP contribution in [0.1, 0.15) is 32.6 Å². The summed E-state index contributed by atoms with van der Waals surface area (Å²) >= 11 is 0. The number of methoxy groups -OCH3 is 2. The van der Waals surface area contributed by atoms with Crippen molar-refractivity contribution >= 4 is 15.7 Å². The first kappa shape index (κ1) is 26.7. The average molecular weight is 524 g/mol. The van der Waals surface area contributed by atoms with E-state index in [1.165, 1.54) is 7.11 Å². The molecule has 4 rings (SSSR count). The van der Waals surface area contributed by atoms with Gasteiger partial charge in [0, 0.05) is 12.7 Å². The second-order valence-electron chi connectivity index (χ2n) is 9.41. The van der Waals surface area contributed by atoms with Crippen molar-refractivity contribution in [2.75, 3.05) is 27.3 Å². The smallest absolute Gasteiger partial charge is 0.254 e. The van der Waals surface area contributed by atoms with Gasteiger partial charge < -0.3 is 19.1 Å². The number of sulfone groups is 1. The fraction of sp³-hybridized carbons (Fsp3) is 0.345. The van der Waals surface area contributed by atoms with Crippen molar-refractivity contribution in [2.45, 2.75) is 43.6 Å². The number of carbonyl (C=O) groups excluding carboxylic acids is 1. The van der Waals surface area contributed by atoms with E-state index in [-0.39, 0.29) is 28.8 Å². The number of carbonyl (C=O) groups is 1. The molecule has 0 aliphatic carbocycles. The van der Waals surface area contributed by atoms with E-state index in [4.69, 9.17) is 14.2 Å². The summed E-state index contributed by atoms with van der Waals surface area (Å²) in [4.78, 5) is 15.2. The Hall–Kier alpha value is -3.36. The third-order valence-corrected chi connectivity index (χ3v) is 8.55. The molecule has 1 aliphatic heterocycles. The van der Waals surface area contributed by atoms with Crippen molar-refractivity contribution in [3.8, 4) is 11.5 Å². The summed E-state index contributed by atoms with van der Waals surface area (Å²) in [6.45, 7) is 6.52. The van der Waals surface area contributed by atoms with Crippen molar-refractivity contribution in [3.05, 3.63) is 88.5 Å². The molecule has 196 valence electrons. The van der Waals surface area contributed by atoms with Crippen LogP contribution < -0.4 is 9.47 Å². The number of para-hydroxylation sites is 1. The summed E-state index contributed by atoms with van der Waals surface area (Å²) in [5, 5.41) is 0. The average Bonchev–Trinajstić information content (AvgIpc) is 3.30. The number of aryl methyl sites for hydroxylation is 2. The predicted octanol–water partition coefficient (Wildman–Crippen LogP) is 4.51. The van der Waals surface area contributed by atoms with E-state index in [1.54, 1.807) is 48.4 Å². The van der Waals surface area contributed by atoms with E-state index < -0.39 is 9.84 Å². The largest absolute Gasteiger partial charge is 0.495 e. The lowest BCUT2D eigenvalue weighted by Crippen LogP contribution is -2.32. The Balaban J connectivity index is 1.54. The van der Waals surface area contributed by atoms with Gasteiger partial charge in [-0.3, -0.25) is 4.79 Å². The molecule has 37 heavy (non-hydrogen) atoms. The van der Waals surface area contributed by atoms with Gasteiger partial charge in [0.15, 0.2) is 9.84 Å². The van der Waals surface area contributed by atoms with Crippen LogP contribution in [0.15, 0.2) is 65.6 Å². The van der Waals surface area contributed by atoms with Crippen molar-refractivity contribution < 1.29 is 27.4 Å². The van der Waals surface area contributed by atoms with E-state index in [0.29, 0.717) is 35.7 Å². The maximum atomic E-state index is 13.3. The maximum Gasteiger partial charge on any atom is 0.254 e. The molecule has 0 aromatic heterocycles. The first-order chi connectivity index (χ1) is 17.6. The molecular weight excluding hydrogens is 490 g/mol. The van der Waals surface area contributed by atoms with Crippen LogP contribution in [0.2, 0.25) is 0 Å². The molecule has 0 bridgehead atoms. The summed E-state index contributed by atoms with van der Waals surface area (Å²) in [6, 6.07) is 17.8. The summed E-state index contributed by atoms with van der Waals surface area (Å²) < 4.78 is 43.7. The van der Waals surface area contributed by atoms with E-state index in [1.807, 2.05) is 45.0 Å². The molecule has 3 aromatic carbocycles. The van der Waals surface area contributed by atoms with Gasteiger partial charge in [0.1, 0.15) is 28.6 Å². The Morgan fingerprint density at radius 3 is 2.35 bits per heavy atom. The Kier molecular flexibility index (Phi) is 7.90. The summed E-state index contributed by atoms with van der Waals surface area (Å²) in [5.74, 6) is 0.644. The summed E-state index contributed by atoms with van der Waals surface area (Å²) in [7, 11) is -0.593. The van der Waals surface area contributed by atoms with Crippen LogP contribution in [0, 0.1) is 20.8 Å². The molecule has 2 unspecified atom stereocenters. The highest BCUT2D eigenvalue weighted by atomic mass is 32.2. The monoisotopic (exact) mass is 523 g/mol. The molecule has 1 aliphatic rings. The number of hydrogen-bond acceptors (Lipinski definition) is 6. The molecule has 8 heteroatoms. The SMILES string of the molecule is COc1ccccc1S(=O)(=O)Cc1cccc(OC2CN(C(=O)c3cc(C)ccc3C)CC2OC)c1C. The van der Waals surface area contributed by atoms with Gasteiger partial charge in [-0.05, 0) is 61.7 Å². The van der Waals surface area contributed by atoms with Crippen molar-refractivity contribution in [2.24, 2.45) is 0 Å².